The molecule has 1 unspecified atom stereocenters. The van der Waals surface area contributed by atoms with Crippen molar-refractivity contribution in [2.75, 3.05) is 6.61 Å². The summed E-state index contributed by atoms with van der Waals surface area (Å²) in [6.45, 7) is 9.94. The van der Waals surface area contributed by atoms with E-state index in [0.717, 1.165) is 11.0 Å². The predicted molar refractivity (Wildman–Crippen MR) is 91.9 cm³/mol. The summed E-state index contributed by atoms with van der Waals surface area (Å²) in [4.78, 5) is 11.6. The molecule has 4 heteroatoms. The second-order valence-corrected chi connectivity index (χ2v) is 5.87. The van der Waals surface area contributed by atoms with Crippen molar-refractivity contribution in [2.24, 2.45) is 0 Å². The highest BCUT2D eigenvalue weighted by atomic mass is 16.5. The van der Waals surface area contributed by atoms with E-state index in [0.29, 0.717) is 29.1 Å². The van der Waals surface area contributed by atoms with Gasteiger partial charge in [0.2, 0.25) is 0 Å². The summed E-state index contributed by atoms with van der Waals surface area (Å²) in [5.74, 6) is 0.602. The lowest BCUT2D eigenvalue weighted by molar-refractivity contribution is 0.210. The zero-order chi connectivity index (χ0) is 17.0. The Morgan fingerprint density at radius 2 is 2.00 bits per heavy atom. The molecular formula is C19H22O4. The van der Waals surface area contributed by atoms with E-state index in [1.54, 1.807) is 13.0 Å². The van der Waals surface area contributed by atoms with Gasteiger partial charge in [-0.05, 0) is 45.0 Å². The van der Waals surface area contributed by atoms with Crippen LogP contribution in [-0.4, -0.2) is 17.8 Å². The van der Waals surface area contributed by atoms with Crippen molar-refractivity contribution in [1.29, 1.82) is 0 Å². The van der Waals surface area contributed by atoms with Crippen LogP contribution in [0.3, 0.4) is 0 Å². The Morgan fingerprint density at radius 1 is 1.30 bits per heavy atom. The average molecular weight is 314 g/mol. The van der Waals surface area contributed by atoms with Crippen molar-refractivity contribution in [2.45, 2.75) is 33.3 Å². The Kier molecular flexibility index (Phi) is 5.40. The van der Waals surface area contributed by atoms with E-state index in [1.165, 1.54) is 6.07 Å². The van der Waals surface area contributed by atoms with Crippen molar-refractivity contribution >= 4 is 11.0 Å². The van der Waals surface area contributed by atoms with Gasteiger partial charge in [-0.15, -0.1) is 0 Å². The first-order valence-corrected chi connectivity index (χ1v) is 7.54. The lowest BCUT2D eigenvalue weighted by Crippen LogP contribution is -2.13. The second kappa shape index (κ2) is 7.29. The molecule has 0 bridgehead atoms. The Balaban J connectivity index is 2.49. The first-order valence-electron chi connectivity index (χ1n) is 7.54. The highest BCUT2D eigenvalue weighted by Crippen LogP contribution is 2.29. The molecule has 23 heavy (non-hydrogen) atoms. The molecule has 2 rings (SSSR count). The van der Waals surface area contributed by atoms with Gasteiger partial charge in [-0.25, -0.2) is 4.79 Å². The Labute approximate surface area is 135 Å². The molecule has 4 nitrogen and oxygen atoms in total. The van der Waals surface area contributed by atoms with E-state index >= 15 is 0 Å². The van der Waals surface area contributed by atoms with Crippen LogP contribution in [0.1, 0.15) is 26.3 Å². The number of fused-ring (bicyclic) bond motifs is 1. The molecule has 0 saturated carbocycles. The minimum absolute atomic E-state index is 0.282. The summed E-state index contributed by atoms with van der Waals surface area (Å²) in [6, 6.07) is 6.76. The molecule has 2 aromatic rings. The number of rotatable bonds is 6. The molecule has 0 saturated heterocycles. The fraction of sp³-hybridized carbons (Fsp3) is 0.316. The van der Waals surface area contributed by atoms with Crippen molar-refractivity contribution in [3.63, 3.8) is 0 Å². The number of allylic oxidation sites excluding steroid dienone is 1. The number of ether oxygens (including phenoxy) is 1. The fourth-order valence-corrected chi connectivity index (χ4v) is 2.17. The molecule has 0 radical (unpaired) electrons. The Bertz CT molecular complexity index is 795. The number of aliphatic hydroxyl groups excluding tert-OH is 1. The van der Waals surface area contributed by atoms with Crippen molar-refractivity contribution in [3.8, 4) is 5.75 Å². The maximum absolute atomic E-state index is 11.6. The van der Waals surface area contributed by atoms with Crippen LogP contribution < -0.4 is 10.4 Å². The monoisotopic (exact) mass is 314 g/mol. The number of hydrogen-bond acceptors (Lipinski definition) is 4. The van der Waals surface area contributed by atoms with Gasteiger partial charge in [0.25, 0.3) is 0 Å². The van der Waals surface area contributed by atoms with E-state index in [4.69, 9.17) is 9.15 Å². The van der Waals surface area contributed by atoms with Crippen LogP contribution in [0.25, 0.3) is 11.0 Å². The molecule has 0 aliphatic carbocycles. The van der Waals surface area contributed by atoms with Gasteiger partial charge in [0, 0.05) is 23.4 Å². The van der Waals surface area contributed by atoms with Crippen LogP contribution in [0.4, 0.5) is 0 Å². The van der Waals surface area contributed by atoms with Crippen molar-refractivity contribution in [1.82, 2.24) is 0 Å². The molecule has 1 heterocycles. The molecule has 0 spiro atoms. The molecule has 0 fully saturated rings. The lowest BCUT2D eigenvalue weighted by Gasteiger charge is -2.16. The number of benzene rings is 1. The molecule has 0 amide bonds. The highest BCUT2D eigenvalue weighted by molar-refractivity contribution is 5.82. The minimum Gasteiger partial charge on any atom is -0.489 e. The lowest BCUT2D eigenvalue weighted by atomic mass is 10.0. The third kappa shape index (κ3) is 4.33. The van der Waals surface area contributed by atoms with E-state index in [-0.39, 0.29) is 6.42 Å². The largest absolute Gasteiger partial charge is 0.489 e. The maximum Gasteiger partial charge on any atom is 0.336 e. The minimum atomic E-state index is -0.725. The normalized spacial score (nSPS) is 12.0. The summed E-state index contributed by atoms with van der Waals surface area (Å²) in [7, 11) is 0. The molecule has 1 atom stereocenters. The summed E-state index contributed by atoms with van der Waals surface area (Å²) in [6.07, 6.45) is 1.52. The van der Waals surface area contributed by atoms with Crippen molar-refractivity contribution < 1.29 is 14.3 Å². The highest BCUT2D eigenvalue weighted by Gasteiger charge is 2.16. The van der Waals surface area contributed by atoms with E-state index in [9.17, 15) is 9.90 Å². The van der Waals surface area contributed by atoms with Gasteiger partial charge in [-0.2, -0.15) is 0 Å². The van der Waals surface area contributed by atoms with E-state index in [1.807, 2.05) is 32.1 Å². The standard InChI is InChI=1S/C19H22O4/c1-12(2)9-10-22-17-7-5-14-6-8-18(21)23-19(14)15(17)11-16(20)13(3)4/h5-9,16,20H,3,10-11H2,1-2,4H3. The van der Waals surface area contributed by atoms with Gasteiger partial charge < -0.3 is 14.3 Å². The first kappa shape index (κ1) is 17.0. The van der Waals surface area contributed by atoms with Crippen LogP contribution in [0.2, 0.25) is 0 Å². The van der Waals surface area contributed by atoms with Crippen molar-refractivity contribution in [3.05, 3.63) is 64.1 Å². The summed E-state index contributed by atoms with van der Waals surface area (Å²) >= 11 is 0. The van der Waals surface area contributed by atoms with Crippen LogP contribution in [-0.2, 0) is 6.42 Å². The fourth-order valence-electron chi connectivity index (χ4n) is 2.17. The van der Waals surface area contributed by atoms with E-state index in [2.05, 4.69) is 6.58 Å². The molecule has 1 N–H and O–H groups in total. The van der Waals surface area contributed by atoms with Gasteiger partial charge in [0.1, 0.15) is 17.9 Å². The third-order valence-corrected chi connectivity index (χ3v) is 3.55. The quantitative estimate of drug-likeness (QED) is 0.653. The Morgan fingerprint density at radius 3 is 2.65 bits per heavy atom. The van der Waals surface area contributed by atoms with Gasteiger partial charge in [0.15, 0.2) is 0 Å². The third-order valence-electron chi connectivity index (χ3n) is 3.55. The second-order valence-electron chi connectivity index (χ2n) is 5.87. The van der Waals surface area contributed by atoms with Gasteiger partial charge >= 0.3 is 5.63 Å². The van der Waals surface area contributed by atoms with Crippen LogP contribution in [0.5, 0.6) is 5.75 Å². The molecule has 122 valence electrons. The average Bonchev–Trinajstić information content (AvgIpc) is 2.48. The zero-order valence-electron chi connectivity index (χ0n) is 13.8. The predicted octanol–water partition coefficient (Wildman–Crippen LogP) is 3.62. The topological polar surface area (TPSA) is 59.7 Å². The van der Waals surface area contributed by atoms with Crippen LogP contribution >= 0.6 is 0 Å². The molecule has 0 aliphatic heterocycles. The molecule has 1 aromatic carbocycles. The summed E-state index contributed by atoms with van der Waals surface area (Å²) in [5.41, 5.74) is 2.51. The van der Waals surface area contributed by atoms with Crippen LogP contribution in [0.15, 0.2) is 57.3 Å². The molecule has 0 aliphatic rings. The Hall–Kier alpha value is -2.33. The number of aliphatic hydroxyl groups is 1. The first-order chi connectivity index (χ1) is 10.9. The van der Waals surface area contributed by atoms with Gasteiger partial charge in [0.05, 0.1) is 6.10 Å². The van der Waals surface area contributed by atoms with Gasteiger partial charge in [-0.1, -0.05) is 17.7 Å². The molecule has 1 aromatic heterocycles. The summed E-state index contributed by atoms with van der Waals surface area (Å²) < 4.78 is 11.1. The maximum atomic E-state index is 11.6. The SMILES string of the molecule is C=C(C)C(O)Cc1c(OCC=C(C)C)ccc2ccc(=O)oc12. The van der Waals surface area contributed by atoms with Gasteiger partial charge in [-0.3, -0.25) is 0 Å². The smallest absolute Gasteiger partial charge is 0.336 e. The zero-order valence-corrected chi connectivity index (χ0v) is 13.8. The molecular weight excluding hydrogens is 292 g/mol. The summed E-state index contributed by atoms with van der Waals surface area (Å²) in [5, 5.41) is 11.0. The van der Waals surface area contributed by atoms with Crippen LogP contribution in [0, 0.1) is 0 Å². The van der Waals surface area contributed by atoms with E-state index < -0.39 is 11.7 Å². The number of hydrogen-bond donors (Lipinski definition) is 1.